The molecule has 1 aromatic heterocycles. The van der Waals surface area contributed by atoms with E-state index >= 15 is 0 Å². The molecule has 0 spiro atoms. The molecule has 2 aliphatic rings. The second kappa shape index (κ2) is 12.0. The fourth-order valence-electron chi connectivity index (χ4n) is 8.62. The van der Waals surface area contributed by atoms with E-state index in [1.54, 1.807) is 0 Å². The largest absolute Gasteiger partial charge is 0.326 e. The van der Waals surface area contributed by atoms with Crippen molar-refractivity contribution < 1.29 is 0 Å². The number of para-hydroxylation sites is 2. The Bertz CT molecular complexity index is 2920. The van der Waals surface area contributed by atoms with Crippen LogP contribution in [-0.4, -0.2) is 12.8 Å². The van der Waals surface area contributed by atoms with Crippen LogP contribution in [0.5, 0.6) is 0 Å². The molecule has 0 unspecified atom stereocenters. The molecule has 0 fully saturated rings. The zero-order valence-corrected chi connectivity index (χ0v) is 29.7. The van der Waals surface area contributed by atoms with Crippen molar-refractivity contribution in [2.75, 3.05) is 11.4 Å². The van der Waals surface area contributed by atoms with Gasteiger partial charge in [-0.1, -0.05) is 140 Å². The number of benzene rings is 8. The van der Waals surface area contributed by atoms with Crippen LogP contribution >= 0.6 is 11.3 Å². The highest BCUT2D eigenvalue weighted by molar-refractivity contribution is 7.26. The molecule has 0 amide bonds. The molecule has 1 aliphatic heterocycles. The number of hydrogen-bond donors (Lipinski definition) is 0. The van der Waals surface area contributed by atoms with Gasteiger partial charge in [0.25, 0.3) is 0 Å². The molecule has 0 radical (unpaired) electrons. The molecule has 248 valence electrons. The van der Waals surface area contributed by atoms with E-state index in [4.69, 9.17) is 0 Å². The number of fused-ring (bicyclic) bond motifs is 12. The van der Waals surface area contributed by atoms with Crippen molar-refractivity contribution in [3.05, 3.63) is 182 Å². The van der Waals surface area contributed by atoms with Gasteiger partial charge in [0.05, 0.1) is 0 Å². The molecule has 11 rings (SSSR count). The lowest BCUT2D eigenvalue weighted by Gasteiger charge is -2.30. The zero-order chi connectivity index (χ0) is 34.9. The van der Waals surface area contributed by atoms with E-state index in [9.17, 15) is 0 Å². The van der Waals surface area contributed by atoms with Crippen LogP contribution in [0.2, 0.25) is 0 Å². The van der Waals surface area contributed by atoms with E-state index in [0.29, 0.717) is 0 Å². The Labute approximate surface area is 312 Å². The van der Waals surface area contributed by atoms with Crippen molar-refractivity contribution in [2.45, 2.75) is 0 Å². The highest BCUT2D eigenvalue weighted by Crippen LogP contribution is 2.54. The minimum Gasteiger partial charge on any atom is -0.326 e. The predicted octanol–water partition coefficient (Wildman–Crippen LogP) is 13.8. The molecule has 9 aromatic rings. The van der Waals surface area contributed by atoms with E-state index in [1.165, 1.54) is 92.9 Å². The summed E-state index contributed by atoms with van der Waals surface area (Å²) in [6.45, 7) is 0.755. The maximum atomic E-state index is 2.47. The highest BCUT2D eigenvalue weighted by atomic mass is 32.1. The van der Waals surface area contributed by atoms with Gasteiger partial charge in [-0.3, -0.25) is 0 Å². The summed E-state index contributed by atoms with van der Waals surface area (Å²) in [5.41, 5.74) is 17.2. The van der Waals surface area contributed by atoms with Crippen LogP contribution in [0, 0.1) is 0 Å². The second-order valence-electron chi connectivity index (χ2n) is 13.8. The Morgan fingerprint density at radius 1 is 0.434 bits per heavy atom. The molecule has 0 saturated carbocycles. The maximum absolute atomic E-state index is 2.47. The topological polar surface area (TPSA) is 6.25 Å². The van der Waals surface area contributed by atoms with E-state index in [0.717, 1.165) is 12.2 Å². The lowest BCUT2D eigenvalue weighted by Crippen LogP contribution is -2.29. The first-order valence-electron chi connectivity index (χ1n) is 18.2. The van der Waals surface area contributed by atoms with Crippen LogP contribution in [0.4, 0.5) is 22.7 Å². The Morgan fingerprint density at radius 2 is 0.981 bits per heavy atom. The summed E-state index contributed by atoms with van der Waals surface area (Å²) >= 11 is 1.90. The van der Waals surface area contributed by atoms with Crippen LogP contribution in [0.3, 0.4) is 0 Å². The van der Waals surface area contributed by atoms with Gasteiger partial charge in [-0.25, -0.2) is 0 Å². The first kappa shape index (κ1) is 30.1. The third-order valence-electron chi connectivity index (χ3n) is 11.0. The minimum absolute atomic E-state index is 0.755. The molecule has 0 N–H and O–H groups in total. The predicted molar refractivity (Wildman–Crippen MR) is 227 cm³/mol. The first-order valence-corrected chi connectivity index (χ1v) is 19.0. The summed E-state index contributed by atoms with van der Waals surface area (Å²) in [6.07, 6.45) is 2.32. The standard InChI is InChI=1S/C50H33N2S/c1-3-15-33(16-4-1)51-29-30-52(34-17-5-2-6-18-34)47-32-45-41-25-13-24-40(43-27-14-26-42-38-22-11-12-28-48(38)53-50(42)43)49(41)39-23-10-9-20-36(39)35-19-7-8-21-37(35)44(45)31-46(47)51/h1-29,31-32H,30H2/q+1. The summed E-state index contributed by atoms with van der Waals surface area (Å²) < 4.78 is 5.03. The van der Waals surface area contributed by atoms with Crippen molar-refractivity contribution >= 4 is 60.5 Å². The first-order chi connectivity index (χ1) is 26.3. The summed E-state index contributed by atoms with van der Waals surface area (Å²) in [5.74, 6) is 0. The van der Waals surface area contributed by atoms with Crippen LogP contribution in [0.15, 0.2) is 182 Å². The lowest BCUT2D eigenvalue weighted by atomic mass is 9.78. The average molecular weight is 694 g/mol. The van der Waals surface area contributed by atoms with Crippen LogP contribution in [0.25, 0.3) is 75.8 Å². The third kappa shape index (κ3) is 4.68. The van der Waals surface area contributed by atoms with E-state index in [-0.39, 0.29) is 0 Å². The van der Waals surface area contributed by atoms with Crippen LogP contribution in [0.1, 0.15) is 0 Å². The maximum Gasteiger partial charge on any atom is 0.235 e. The number of rotatable bonds is 3. The van der Waals surface area contributed by atoms with Crippen molar-refractivity contribution in [3.8, 4) is 55.6 Å². The quantitative estimate of drug-likeness (QED) is 0.167. The summed E-state index contributed by atoms with van der Waals surface area (Å²) in [6, 6.07) is 67.0. The Balaban J connectivity index is 1.26. The molecule has 0 saturated heterocycles. The van der Waals surface area contributed by atoms with E-state index in [1.807, 2.05) is 11.3 Å². The van der Waals surface area contributed by atoms with Crippen molar-refractivity contribution in [1.29, 1.82) is 0 Å². The van der Waals surface area contributed by atoms with Crippen molar-refractivity contribution in [3.63, 3.8) is 0 Å². The van der Waals surface area contributed by atoms with Gasteiger partial charge in [0.15, 0.2) is 6.21 Å². The highest BCUT2D eigenvalue weighted by Gasteiger charge is 2.33. The van der Waals surface area contributed by atoms with Gasteiger partial charge in [-0.2, -0.15) is 4.58 Å². The SMILES string of the molecule is C1=[N+](c2ccccc2)c2cc3c(cc2N(c2ccccc2)C1)-c1cccc(-c2cccc4c2sc2ccccc24)c1-c1ccccc1-c1ccccc1-3. The molecule has 0 atom stereocenters. The smallest absolute Gasteiger partial charge is 0.235 e. The van der Waals surface area contributed by atoms with Gasteiger partial charge in [0, 0.05) is 49.6 Å². The normalized spacial score (nSPS) is 12.9. The second-order valence-corrected chi connectivity index (χ2v) is 14.9. The van der Waals surface area contributed by atoms with Crippen molar-refractivity contribution in [2.24, 2.45) is 0 Å². The molecular formula is C50H33N2S+. The van der Waals surface area contributed by atoms with Gasteiger partial charge < -0.3 is 4.90 Å². The number of anilines is 2. The van der Waals surface area contributed by atoms with E-state index < -0.39 is 0 Å². The fraction of sp³-hybridized carbons (Fsp3) is 0.0200. The van der Waals surface area contributed by atoms with Gasteiger partial charge in [0.2, 0.25) is 11.4 Å². The van der Waals surface area contributed by atoms with E-state index in [2.05, 4.69) is 198 Å². The average Bonchev–Trinajstić information content (AvgIpc) is 3.62. The summed E-state index contributed by atoms with van der Waals surface area (Å²) in [7, 11) is 0. The molecule has 3 heteroatoms. The van der Waals surface area contributed by atoms with Crippen molar-refractivity contribution in [1.82, 2.24) is 4.58 Å². The Morgan fingerprint density at radius 3 is 1.77 bits per heavy atom. The zero-order valence-electron chi connectivity index (χ0n) is 28.9. The molecule has 8 aromatic carbocycles. The Kier molecular flexibility index (Phi) is 6.83. The van der Waals surface area contributed by atoms with Gasteiger partial charge in [0.1, 0.15) is 12.2 Å². The van der Waals surface area contributed by atoms with Gasteiger partial charge in [-0.05, 0) is 74.3 Å². The Hall–Kier alpha value is -6.55. The van der Waals surface area contributed by atoms with Crippen LogP contribution < -0.4 is 9.48 Å². The fourth-order valence-corrected chi connectivity index (χ4v) is 9.85. The summed E-state index contributed by atoms with van der Waals surface area (Å²) in [4.78, 5) is 2.45. The molecule has 1 aliphatic carbocycles. The molecular weight excluding hydrogens is 661 g/mol. The molecule has 53 heavy (non-hydrogen) atoms. The summed E-state index contributed by atoms with van der Waals surface area (Å²) in [5, 5.41) is 2.63. The molecule has 2 heterocycles. The minimum atomic E-state index is 0.755. The lowest BCUT2D eigenvalue weighted by molar-refractivity contribution is 1.000. The van der Waals surface area contributed by atoms with Gasteiger partial charge >= 0.3 is 0 Å². The number of nitrogens with zero attached hydrogens (tertiary/aromatic N) is 2. The monoisotopic (exact) mass is 693 g/mol. The van der Waals surface area contributed by atoms with Gasteiger partial charge in [-0.15, -0.1) is 11.3 Å². The molecule has 2 nitrogen and oxygen atoms in total. The molecule has 0 bridgehead atoms. The third-order valence-corrected chi connectivity index (χ3v) is 12.2. The number of hydrogen-bond acceptors (Lipinski definition) is 2. The van der Waals surface area contributed by atoms with Crippen LogP contribution in [-0.2, 0) is 0 Å². The number of thiophene rings is 1.